The number of carbonyl (C=O) groups is 1. The lowest BCUT2D eigenvalue weighted by atomic mass is 10.0. The summed E-state index contributed by atoms with van der Waals surface area (Å²) in [6.45, 7) is 1.87. The van der Waals surface area contributed by atoms with Crippen LogP contribution in [-0.2, 0) is 0 Å². The number of nitrogens with two attached hydrogens (primary N) is 1. The van der Waals surface area contributed by atoms with Crippen molar-refractivity contribution in [2.75, 3.05) is 5.73 Å². The van der Waals surface area contributed by atoms with Crippen molar-refractivity contribution in [3.63, 3.8) is 0 Å². The Morgan fingerprint density at radius 3 is 2.75 bits per heavy atom. The number of anilines is 1. The van der Waals surface area contributed by atoms with Gasteiger partial charge in [-0.3, -0.25) is 0 Å². The van der Waals surface area contributed by atoms with Crippen molar-refractivity contribution in [1.82, 2.24) is 4.98 Å². The highest BCUT2D eigenvalue weighted by Crippen LogP contribution is 2.27. The first-order valence-electron chi connectivity index (χ1n) is 4.65. The van der Waals surface area contributed by atoms with Crippen LogP contribution >= 0.6 is 0 Å². The van der Waals surface area contributed by atoms with Crippen molar-refractivity contribution < 1.29 is 14.3 Å². The summed E-state index contributed by atoms with van der Waals surface area (Å²) in [7, 11) is 0. The van der Waals surface area contributed by atoms with Crippen LogP contribution in [0.1, 0.15) is 16.1 Å². The summed E-state index contributed by atoms with van der Waals surface area (Å²) in [6, 6.07) is 7.17. The van der Waals surface area contributed by atoms with E-state index in [0.717, 1.165) is 5.56 Å². The molecule has 0 spiro atoms. The zero-order valence-electron chi connectivity index (χ0n) is 8.60. The standard InChI is InChI=1S/C11H10N2O3/c1-6-4-2-3-5-7(6)8-9(10(14)15)16-11(12)13-8/h2-5H,1H3,(H2,12,13)(H,14,15). The van der Waals surface area contributed by atoms with Gasteiger partial charge < -0.3 is 15.3 Å². The van der Waals surface area contributed by atoms with E-state index in [1.54, 1.807) is 12.1 Å². The number of rotatable bonds is 2. The minimum atomic E-state index is -1.18. The molecule has 5 heteroatoms. The molecule has 0 atom stereocenters. The fourth-order valence-electron chi connectivity index (χ4n) is 1.50. The first-order chi connectivity index (χ1) is 7.59. The van der Waals surface area contributed by atoms with Crippen molar-refractivity contribution in [2.24, 2.45) is 0 Å². The van der Waals surface area contributed by atoms with E-state index in [4.69, 9.17) is 15.3 Å². The summed E-state index contributed by atoms with van der Waals surface area (Å²) in [5, 5.41) is 8.94. The lowest BCUT2D eigenvalue weighted by molar-refractivity contribution is 0.0665. The molecule has 0 aliphatic heterocycles. The Labute approximate surface area is 91.5 Å². The number of nitrogens with zero attached hydrogens (tertiary/aromatic N) is 1. The number of carboxylic acid groups (broad SMARTS) is 1. The zero-order valence-corrected chi connectivity index (χ0v) is 8.60. The number of aromatic nitrogens is 1. The minimum Gasteiger partial charge on any atom is -0.475 e. The van der Waals surface area contributed by atoms with E-state index in [0.29, 0.717) is 5.56 Å². The molecule has 5 nitrogen and oxygen atoms in total. The lowest BCUT2D eigenvalue weighted by Gasteiger charge is -2.01. The smallest absolute Gasteiger partial charge is 0.374 e. The molecule has 0 radical (unpaired) electrons. The molecule has 2 rings (SSSR count). The summed E-state index contributed by atoms with van der Waals surface area (Å²) in [6.07, 6.45) is 0. The molecule has 0 saturated heterocycles. The monoisotopic (exact) mass is 218 g/mol. The Balaban J connectivity index is 2.64. The van der Waals surface area contributed by atoms with Crippen LogP contribution in [0.25, 0.3) is 11.3 Å². The number of oxazole rings is 1. The number of aromatic carboxylic acids is 1. The van der Waals surface area contributed by atoms with E-state index >= 15 is 0 Å². The fourth-order valence-corrected chi connectivity index (χ4v) is 1.50. The maximum atomic E-state index is 10.9. The fraction of sp³-hybridized carbons (Fsp3) is 0.0909. The van der Waals surface area contributed by atoms with Crippen LogP contribution in [0.5, 0.6) is 0 Å². The summed E-state index contributed by atoms with van der Waals surface area (Å²) < 4.78 is 4.85. The van der Waals surface area contributed by atoms with Crippen LogP contribution in [0.2, 0.25) is 0 Å². The van der Waals surface area contributed by atoms with Gasteiger partial charge in [-0.15, -0.1) is 0 Å². The van der Waals surface area contributed by atoms with Crippen LogP contribution in [0, 0.1) is 6.92 Å². The Kier molecular flexibility index (Phi) is 2.36. The molecule has 0 aliphatic rings. The predicted molar refractivity (Wildman–Crippen MR) is 58.0 cm³/mol. The molecule has 0 saturated carbocycles. The maximum absolute atomic E-state index is 10.9. The lowest BCUT2D eigenvalue weighted by Crippen LogP contribution is -1.97. The third kappa shape index (κ3) is 1.63. The van der Waals surface area contributed by atoms with Crippen LogP contribution < -0.4 is 5.73 Å². The molecule has 2 aromatic rings. The molecule has 1 aromatic carbocycles. The molecule has 0 bridgehead atoms. The molecule has 3 N–H and O–H groups in total. The topological polar surface area (TPSA) is 89.4 Å². The van der Waals surface area contributed by atoms with Gasteiger partial charge in [0.2, 0.25) is 5.76 Å². The summed E-state index contributed by atoms with van der Waals surface area (Å²) in [5.41, 5.74) is 7.25. The molecule has 1 heterocycles. The van der Waals surface area contributed by atoms with Gasteiger partial charge in [0.1, 0.15) is 5.69 Å². The average molecular weight is 218 g/mol. The van der Waals surface area contributed by atoms with E-state index < -0.39 is 5.97 Å². The second-order valence-electron chi connectivity index (χ2n) is 3.35. The Hall–Kier alpha value is -2.30. The average Bonchev–Trinajstić information content (AvgIpc) is 2.61. The molecule has 0 unspecified atom stereocenters. The van der Waals surface area contributed by atoms with Gasteiger partial charge in [0, 0.05) is 5.56 Å². The number of benzene rings is 1. The van der Waals surface area contributed by atoms with Crippen molar-refractivity contribution in [3.05, 3.63) is 35.6 Å². The molecule has 0 amide bonds. The second kappa shape index (κ2) is 3.69. The van der Waals surface area contributed by atoms with Gasteiger partial charge in [-0.1, -0.05) is 24.3 Å². The molecule has 0 aliphatic carbocycles. The quantitative estimate of drug-likeness (QED) is 0.803. The second-order valence-corrected chi connectivity index (χ2v) is 3.35. The molecule has 0 fully saturated rings. The van der Waals surface area contributed by atoms with Crippen LogP contribution in [0.15, 0.2) is 28.7 Å². The highest BCUT2D eigenvalue weighted by molar-refractivity contribution is 5.92. The summed E-state index contributed by atoms with van der Waals surface area (Å²) in [5.74, 6) is -1.41. The molecular weight excluding hydrogens is 208 g/mol. The normalized spacial score (nSPS) is 10.3. The number of aryl methyl sites for hydroxylation is 1. The van der Waals surface area contributed by atoms with Gasteiger partial charge >= 0.3 is 5.97 Å². The van der Waals surface area contributed by atoms with Crippen molar-refractivity contribution in [1.29, 1.82) is 0 Å². The van der Waals surface area contributed by atoms with Crippen molar-refractivity contribution >= 4 is 12.0 Å². The van der Waals surface area contributed by atoms with E-state index in [1.807, 2.05) is 19.1 Å². The van der Waals surface area contributed by atoms with Crippen molar-refractivity contribution in [3.8, 4) is 11.3 Å². The van der Waals surface area contributed by atoms with E-state index in [-0.39, 0.29) is 17.5 Å². The van der Waals surface area contributed by atoms with Gasteiger partial charge in [-0.25, -0.2) is 4.79 Å². The summed E-state index contributed by atoms with van der Waals surface area (Å²) in [4.78, 5) is 14.8. The highest BCUT2D eigenvalue weighted by atomic mass is 16.4. The number of carboxylic acids is 1. The number of hydrogen-bond acceptors (Lipinski definition) is 4. The van der Waals surface area contributed by atoms with E-state index in [9.17, 15) is 4.79 Å². The Morgan fingerprint density at radius 1 is 1.44 bits per heavy atom. The minimum absolute atomic E-state index is 0.143. The Morgan fingerprint density at radius 2 is 2.12 bits per heavy atom. The molecular formula is C11H10N2O3. The molecule has 82 valence electrons. The zero-order chi connectivity index (χ0) is 11.7. The SMILES string of the molecule is Cc1ccccc1-c1nc(N)oc1C(=O)O. The number of nitrogen functional groups attached to an aromatic ring is 1. The van der Waals surface area contributed by atoms with Gasteiger partial charge in [-0.2, -0.15) is 4.98 Å². The van der Waals surface area contributed by atoms with Crippen LogP contribution in [-0.4, -0.2) is 16.1 Å². The highest BCUT2D eigenvalue weighted by Gasteiger charge is 2.20. The third-order valence-electron chi connectivity index (χ3n) is 2.24. The third-order valence-corrected chi connectivity index (χ3v) is 2.24. The molecule has 16 heavy (non-hydrogen) atoms. The number of hydrogen-bond donors (Lipinski definition) is 2. The van der Waals surface area contributed by atoms with Gasteiger partial charge in [0.15, 0.2) is 0 Å². The van der Waals surface area contributed by atoms with Gasteiger partial charge in [-0.05, 0) is 12.5 Å². The van der Waals surface area contributed by atoms with Crippen molar-refractivity contribution in [2.45, 2.75) is 6.92 Å². The Bertz CT molecular complexity index is 546. The predicted octanol–water partition coefficient (Wildman–Crippen LogP) is 1.93. The van der Waals surface area contributed by atoms with Gasteiger partial charge in [0.25, 0.3) is 6.01 Å². The first kappa shape index (κ1) is 10.2. The van der Waals surface area contributed by atoms with E-state index in [1.165, 1.54) is 0 Å². The van der Waals surface area contributed by atoms with Crippen LogP contribution in [0.4, 0.5) is 6.01 Å². The molecule has 1 aromatic heterocycles. The largest absolute Gasteiger partial charge is 0.475 e. The van der Waals surface area contributed by atoms with Crippen LogP contribution in [0.3, 0.4) is 0 Å². The first-order valence-corrected chi connectivity index (χ1v) is 4.65. The summed E-state index contributed by atoms with van der Waals surface area (Å²) >= 11 is 0. The van der Waals surface area contributed by atoms with E-state index in [2.05, 4.69) is 4.98 Å². The van der Waals surface area contributed by atoms with Gasteiger partial charge in [0.05, 0.1) is 0 Å². The maximum Gasteiger partial charge on any atom is 0.374 e.